The predicted molar refractivity (Wildman–Crippen MR) is 131 cm³/mol. The Morgan fingerprint density at radius 3 is 2.53 bits per heavy atom. The van der Waals surface area contributed by atoms with Crippen molar-refractivity contribution in [3.8, 4) is 11.1 Å². The second kappa shape index (κ2) is 9.27. The molecule has 1 aromatic heterocycles. The SMILES string of the molecule is Cn1cc2c(cc1=O)CN=C(c1ccc(F)cc1)c1ccc(CCN(CC3CC3)[SH](=O)=O)cc1-2. The lowest BCUT2D eigenvalue weighted by Gasteiger charge is -2.17. The lowest BCUT2D eigenvalue weighted by Crippen LogP contribution is -2.26. The normalized spacial score (nSPS) is 15.1. The molecule has 0 radical (unpaired) electrons. The second-order valence-corrected chi connectivity index (χ2v) is 10.1. The van der Waals surface area contributed by atoms with Gasteiger partial charge in [0.25, 0.3) is 5.56 Å². The number of rotatable bonds is 7. The van der Waals surface area contributed by atoms with Gasteiger partial charge in [-0.3, -0.25) is 9.79 Å². The fourth-order valence-electron chi connectivity index (χ4n) is 4.42. The number of aryl methyl sites for hydroxylation is 1. The lowest BCUT2D eigenvalue weighted by molar-refractivity contribution is 0.412. The minimum atomic E-state index is -2.61. The number of halogens is 1. The van der Waals surface area contributed by atoms with E-state index in [2.05, 4.69) is 6.07 Å². The maximum absolute atomic E-state index is 13.6. The van der Waals surface area contributed by atoms with E-state index in [1.807, 2.05) is 18.3 Å². The molecule has 176 valence electrons. The zero-order valence-corrected chi connectivity index (χ0v) is 19.8. The summed E-state index contributed by atoms with van der Waals surface area (Å²) in [6, 6.07) is 13.9. The van der Waals surface area contributed by atoms with Gasteiger partial charge in [-0.15, -0.1) is 0 Å². The molecule has 5 rings (SSSR count). The summed E-state index contributed by atoms with van der Waals surface area (Å²) in [6.45, 7) is 1.37. The Bertz CT molecular complexity index is 1400. The van der Waals surface area contributed by atoms with E-state index in [4.69, 9.17) is 4.99 Å². The van der Waals surface area contributed by atoms with Crippen LogP contribution < -0.4 is 5.56 Å². The van der Waals surface area contributed by atoms with Crippen LogP contribution >= 0.6 is 0 Å². The van der Waals surface area contributed by atoms with Gasteiger partial charge in [-0.05, 0) is 66.1 Å². The number of aliphatic imine (C=N–C) groups is 1. The van der Waals surface area contributed by atoms with Gasteiger partial charge in [-0.2, -0.15) is 0 Å². The molecule has 1 saturated carbocycles. The zero-order chi connectivity index (χ0) is 23.8. The van der Waals surface area contributed by atoms with E-state index in [-0.39, 0.29) is 11.4 Å². The predicted octanol–water partition coefficient (Wildman–Crippen LogP) is 3.32. The lowest BCUT2D eigenvalue weighted by atomic mass is 9.91. The highest BCUT2D eigenvalue weighted by Gasteiger charge is 2.25. The van der Waals surface area contributed by atoms with Crippen molar-refractivity contribution >= 4 is 16.6 Å². The Hall–Kier alpha value is -3.10. The topological polar surface area (TPSA) is 71.7 Å². The molecular weight excluding hydrogens is 453 g/mol. The van der Waals surface area contributed by atoms with Gasteiger partial charge in [0, 0.05) is 49.1 Å². The fraction of sp³-hybridized carbons (Fsp3) is 0.308. The maximum Gasteiger partial charge on any atom is 0.250 e. The largest absolute Gasteiger partial charge is 0.318 e. The first-order valence-corrected chi connectivity index (χ1v) is 12.5. The molecule has 1 aliphatic carbocycles. The number of nitrogens with zero attached hydrogens (tertiary/aromatic N) is 3. The molecule has 2 aliphatic rings. The van der Waals surface area contributed by atoms with Crippen LogP contribution in [0, 0.1) is 11.7 Å². The van der Waals surface area contributed by atoms with Gasteiger partial charge in [0.2, 0.25) is 10.9 Å². The molecule has 0 unspecified atom stereocenters. The van der Waals surface area contributed by atoms with E-state index in [9.17, 15) is 17.6 Å². The zero-order valence-electron chi connectivity index (χ0n) is 18.9. The van der Waals surface area contributed by atoms with Crippen molar-refractivity contribution in [1.29, 1.82) is 0 Å². The summed E-state index contributed by atoms with van der Waals surface area (Å²) in [5.74, 6) is 0.176. The van der Waals surface area contributed by atoms with Crippen LogP contribution in [0.1, 0.15) is 35.1 Å². The smallest absolute Gasteiger partial charge is 0.250 e. The van der Waals surface area contributed by atoms with E-state index in [0.29, 0.717) is 32.0 Å². The van der Waals surface area contributed by atoms with Crippen molar-refractivity contribution in [2.75, 3.05) is 13.1 Å². The van der Waals surface area contributed by atoms with Crippen LogP contribution in [0.3, 0.4) is 0 Å². The summed E-state index contributed by atoms with van der Waals surface area (Å²) < 4.78 is 40.1. The van der Waals surface area contributed by atoms with Gasteiger partial charge >= 0.3 is 0 Å². The summed E-state index contributed by atoms with van der Waals surface area (Å²) in [5.41, 5.74) is 6.03. The number of fused-ring (bicyclic) bond motifs is 3. The molecule has 0 saturated heterocycles. The third kappa shape index (κ3) is 4.74. The quantitative estimate of drug-likeness (QED) is 0.529. The molecule has 0 atom stereocenters. The molecule has 3 aromatic rings. The van der Waals surface area contributed by atoms with Crippen LogP contribution in [-0.2, 0) is 30.9 Å². The van der Waals surface area contributed by atoms with Gasteiger partial charge in [-0.1, -0.05) is 18.2 Å². The standard InChI is InChI=1S/C26H26FN3O3S/c1-29-16-24-20(13-25(29)31)14-28-26(19-5-7-21(27)8-6-19)22-9-4-17(12-23(22)24)10-11-30(34(32)33)15-18-2-3-18/h4-9,12-13,16,18,34H,2-3,10-11,14-15H2,1H3. The number of hydrogen-bond acceptors (Lipinski definition) is 4. The molecule has 2 heterocycles. The van der Waals surface area contributed by atoms with Crippen molar-refractivity contribution in [3.05, 3.63) is 93.2 Å². The van der Waals surface area contributed by atoms with E-state index in [1.165, 1.54) is 12.1 Å². The summed E-state index contributed by atoms with van der Waals surface area (Å²) in [4.78, 5) is 17.1. The van der Waals surface area contributed by atoms with Gasteiger partial charge in [-0.25, -0.2) is 17.1 Å². The third-order valence-electron chi connectivity index (χ3n) is 6.52. The maximum atomic E-state index is 13.6. The van der Waals surface area contributed by atoms with Crippen molar-refractivity contribution in [1.82, 2.24) is 8.87 Å². The van der Waals surface area contributed by atoms with E-state index in [0.717, 1.165) is 51.9 Å². The Morgan fingerprint density at radius 2 is 1.82 bits per heavy atom. The first-order chi connectivity index (χ1) is 16.4. The van der Waals surface area contributed by atoms with Crippen LogP contribution in [0.4, 0.5) is 4.39 Å². The molecule has 0 N–H and O–H groups in total. The van der Waals surface area contributed by atoms with E-state index >= 15 is 0 Å². The Balaban J connectivity index is 1.55. The number of aromatic nitrogens is 1. The van der Waals surface area contributed by atoms with Gasteiger partial charge in [0.1, 0.15) is 5.82 Å². The fourth-order valence-corrected chi connectivity index (χ4v) is 5.05. The minimum Gasteiger partial charge on any atom is -0.318 e. The second-order valence-electron chi connectivity index (χ2n) is 9.06. The minimum absolute atomic E-state index is 0.105. The molecule has 1 fully saturated rings. The van der Waals surface area contributed by atoms with Crippen molar-refractivity contribution in [3.63, 3.8) is 0 Å². The van der Waals surface area contributed by atoms with Gasteiger partial charge in [0.05, 0.1) is 12.3 Å². The molecule has 0 amide bonds. The van der Waals surface area contributed by atoms with Crippen LogP contribution in [0.15, 0.2) is 64.5 Å². The van der Waals surface area contributed by atoms with E-state index in [1.54, 1.807) is 34.1 Å². The monoisotopic (exact) mass is 479 g/mol. The first-order valence-electron chi connectivity index (χ1n) is 11.4. The highest BCUT2D eigenvalue weighted by molar-refractivity contribution is 7.69. The highest BCUT2D eigenvalue weighted by Crippen LogP contribution is 2.33. The van der Waals surface area contributed by atoms with E-state index < -0.39 is 10.9 Å². The number of hydrogen-bond donors (Lipinski definition) is 1. The summed E-state index contributed by atoms with van der Waals surface area (Å²) in [5, 5.41) is 0. The van der Waals surface area contributed by atoms with Crippen molar-refractivity contribution < 1.29 is 12.8 Å². The Labute approximate surface area is 199 Å². The molecule has 8 heteroatoms. The molecule has 1 aliphatic heterocycles. The molecule has 2 aromatic carbocycles. The molecule has 0 spiro atoms. The average molecular weight is 480 g/mol. The molecule has 0 bridgehead atoms. The third-order valence-corrected chi connectivity index (χ3v) is 7.35. The first kappa shape index (κ1) is 22.7. The molecule has 34 heavy (non-hydrogen) atoms. The summed E-state index contributed by atoms with van der Waals surface area (Å²) >= 11 is 0. The summed E-state index contributed by atoms with van der Waals surface area (Å²) in [7, 11) is -0.890. The van der Waals surface area contributed by atoms with Gasteiger partial charge < -0.3 is 4.57 Å². The number of benzene rings is 2. The van der Waals surface area contributed by atoms with Crippen molar-refractivity contribution in [2.45, 2.75) is 25.8 Å². The van der Waals surface area contributed by atoms with Crippen molar-refractivity contribution in [2.24, 2.45) is 18.0 Å². The number of thiol groups is 1. The van der Waals surface area contributed by atoms with Crippen LogP contribution in [0.2, 0.25) is 0 Å². The Morgan fingerprint density at radius 1 is 1.06 bits per heavy atom. The van der Waals surface area contributed by atoms with Gasteiger partial charge in [0.15, 0.2) is 0 Å². The Kier molecular flexibility index (Phi) is 6.18. The van der Waals surface area contributed by atoms with Crippen LogP contribution in [0.5, 0.6) is 0 Å². The number of pyridine rings is 1. The van der Waals surface area contributed by atoms with Crippen LogP contribution in [-0.4, -0.2) is 36.1 Å². The molecular formula is C26H26FN3O3S. The summed E-state index contributed by atoms with van der Waals surface area (Å²) in [6.07, 6.45) is 4.61. The average Bonchev–Trinajstić information content (AvgIpc) is 3.65. The highest BCUT2D eigenvalue weighted by atomic mass is 32.2. The van der Waals surface area contributed by atoms with Crippen LogP contribution in [0.25, 0.3) is 11.1 Å². The molecule has 6 nitrogen and oxygen atoms in total.